The van der Waals surface area contributed by atoms with Crippen LogP contribution in [0.4, 0.5) is 0 Å². The number of hydrogen-bond acceptors (Lipinski definition) is 1. The van der Waals surface area contributed by atoms with Gasteiger partial charge in [-0.2, -0.15) is 0 Å². The standard InChI is InChI=1S/C16H16ClNO/c1-11-3-5-13(6-4-11)12(2)18-16(19)14-7-9-15(17)10-8-14/h3-10,12H,1-2H3,(H,18,19)/t12-/m0/s1. The van der Waals surface area contributed by atoms with Gasteiger partial charge in [-0.3, -0.25) is 4.79 Å². The van der Waals surface area contributed by atoms with E-state index in [-0.39, 0.29) is 11.9 Å². The molecule has 2 aromatic carbocycles. The zero-order valence-corrected chi connectivity index (χ0v) is 11.7. The predicted octanol–water partition coefficient (Wildman–Crippen LogP) is 4.14. The molecular formula is C16H16ClNO. The molecule has 0 aromatic heterocycles. The first-order chi connectivity index (χ1) is 9.06. The summed E-state index contributed by atoms with van der Waals surface area (Å²) in [6.07, 6.45) is 0. The van der Waals surface area contributed by atoms with Crippen molar-refractivity contribution in [1.82, 2.24) is 5.32 Å². The number of rotatable bonds is 3. The number of aryl methyl sites for hydroxylation is 1. The topological polar surface area (TPSA) is 29.1 Å². The fourth-order valence-corrected chi connectivity index (χ4v) is 1.95. The van der Waals surface area contributed by atoms with E-state index in [0.717, 1.165) is 5.56 Å². The van der Waals surface area contributed by atoms with Crippen molar-refractivity contribution >= 4 is 17.5 Å². The minimum absolute atomic E-state index is 0.0243. The number of hydrogen-bond donors (Lipinski definition) is 1. The van der Waals surface area contributed by atoms with Gasteiger partial charge in [0.25, 0.3) is 5.91 Å². The number of nitrogens with one attached hydrogen (secondary N) is 1. The Morgan fingerprint density at radius 1 is 1.05 bits per heavy atom. The Labute approximate surface area is 118 Å². The first kappa shape index (κ1) is 13.6. The van der Waals surface area contributed by atoms with Gasteiger partial charge < -0.3 is 5.32 Å². The number of carbonyl (C=O) groups is 1. The van der Waals surface area contributed by atoms with Crippen LogP contribution >= 0.6 is 11.6 Å². The summed E-state index contributed by atoms with van der Waals surface area (Å²) in [6.45, 7) is 4.01. The average molecular weight is 274 g/mol. The summed E-state index contributed by atoms with van der Waals surface area (Å²) in [5.41, 5.74) is 2.91. The largest absolute Gasteiger partial charge is 0.346 e. The second kappa shape index (κ2) is 5.89. The lowest BCUT2D eigenvalue weighted by Gasteiger charge is -2.14. The van der Waals surface area contributed by atoms with Gasteiger partial charge in [0, 0.05) is 10.6 Å². The summed E-state index contributed by atoms with van der Waals surface area (Å²) in [7, 11) is 0. The third-order valence-corrected chi connectivity index (χ3v) is 3.28. The number of amides is 1. The molecule has 2 rings (SSSR count). The quantitative estimate of drug-likeness (QED) is 0.895. The summed E-state index contributed by atoms with van der Waals surface area (Å²) in [6, 6.07) is 15.0. The minimum Gasteiger partial charge on any atom is -0.346 e. The fourth-order valence-electron chi connectivity index (χ4n) is 1.82. The predicted molar refractivity (Wildman–Crippen MR) is 78.5 cm³/mol. The summed E-state index contributed by atoms with van der Waals surface area (Å²) >= 11 is 5.80. The number of carbonyl (C=O) groups excluding carboxylic acids is 1. The molecule has 3 heteroatoms. The van der Waals surface area contributed by atoms with Crippen LogP contribution in [0.3, 0.4) is 0 Å². The van der Waals surface area contributed by atoms with Crippen LogP contribution in [0, 0.1) is 6.92 Å². The number of halogens is 1. The lowest BCUT2D eigenvalue weighted by Crippen LogP contribution is -2.26. The minimum atomic E-state index is -0.0928. The van der Waals surface area contributed by atoms with Crippen molar-refractivity contribution in [1.29, 1.82) is 0 Å². The van der Waals surface area contributed by atoms with Crippen LogP contribution in [-0.2, 0) is 0 Å². The van der Waals surface area contributed by atoms with Gasteiger partial charge in [0.1, 0.15) is 0 Å². The summed E-state index contributed by atoms with van der Waals surface area (Å²) in [5.74, 6) is -0.0928. The van der Waals surface area contributed by atoms with Gasteiger partial charge in [0.15, 0.2) is 0 Å². The highest BCUT2D eigenvalue weighted by molar-refractivity contribution is 6.30. The van der Waals surface area contributed by atoms with E-state index in [9.17, 15) is 4.79 Å². The van der Waals surface area contributed by atoms with Gasteiger partial charge in [-0.25, -0.2) is 0 Å². The Bertz CT molecular complexity index is 560. The zero-order valence-electron chi connectivity index (χ0n) is 11.0. The third kappa shape index (κ3) is 3.58. The van der Waals surface area contributed by atoms with Crippen LogP contribution < -0.4 is 5.32 Å². The maximum atomic E-state index is 12.1. The first-order valence-electron chi connectivity index (χ1n) is 6.19. The molecule has 0 fully saturated rings. The monoisotopic (exact) mass is 273 g/mol. The smallest absolute Gasteiger partial charge is 0.251 e. The van der Waals surface area contributed by atoms with E-state index in [0.29, 0.717) is 10.6 Å². The zero-order chi connectivity index (χ0) is 13.8. The number of benzene rings is 2. The van der Waals surface area contributed by atoms with Crippen LogP contribution in [0.2, 0.25) is 5.02 Å². The van der Waals surface area contributed by atoms with Crippen molar-refractivity contribution in [2.24, 2.45) is 0 Å². The lowest BCUT2D eigenvalue weighted by atomic mass is 10.1. The van der Waals surface area contributed by atoms with Crippen molar-refractivity contribution < 1.29 is 4.79 Å². The molecular weight excluding hydrogens is 258 g/mol. The van der Waals surface area contributed by atoms with Gasteiger partial charge in [-0.1, -0.05) is 41.4 Å². The van der Waals surface area contributed by atoms with Gasteiger partial charge in [-0.05, 0) is 43.7 Å². The van der Waals surface area contributed by atoms with Crippen molar-refractivity contribution in [2.75, 3.05) is 0 Å². The van der Waals surface area contributed by atoms with Crippen molar-refractivity contribution in [3.63, 3.8) is 0 Å². The molecule has 0 radical (unpaired) electrons. The molecule has 0 heterocycles. The highest BCUT2D eigenvalue weighted by Gasteiger charge is 2.10. The summed E-state index contributed by atoms with van der Waals surface area (Å²) in [4.78, 5) is 12.1. The molecule has 1 amide bonds. The van der Waals surface area contributed by atoms with Gasteiger partial charge in [0.2, 0.25) is 0 Å². The van der Waals surface area contributed by atoms with Crippen LogP contribution in [-0.4, -0.2) is 5.91 Å². The summed E-state index contributed by atoms with van der Waals surface area (Å²) in [5, 5.41) is 3.60. The van der Waals surface area contributed by atoms with E-state index in [4.69, 9.17) is 11.6 Å². The highest BCUT2D eigenvalue weighted by Crippen LogP contribution is 2.15. The Morgan fingerprint density at radius 3 is 2.21 bits per heavy atom. The van der Waals surface area contributed by atoms with Crippen molar-refractivity contribution in [3.05, 3.63) is 70.2 Å². The Hall–Kier alpha value is -1.80. The third-order valence-electron chi connectivity index (χ3n) is 3.03. The maximum Gasteiger partial charge on any atom is 0.251 e. The fraction of sp³-hybridized carbons (Fsp3) is 0.188. The molecule has 2 nitrogen and oxygen atoms in total. The first-order valence-corrected chi connectivity index (χ1v) is 6.57. The molecule has 0 saturated carbocycles. The van der Waals surface area contributed by atoms with Crippen LogP contribution in [0.25, 0.3) is 0 Å². The van der Waals surface area contributed by atoms with Gasteiger partial charge in [-0.15, -0.1) is 0 Å². The second-order valence-electron chi connectivity index (χ2n) is 4.61. The normalized spacial score (nSPS) is 11.9. The molecule has 0 aliphatic heterocycles. The molecule has 98 valence electrons. The van der Waals surface area contributed by atoms with E-state index in [1.165, 1.54) is 5.56 Å². The molecule has 0 aliphatic rings. The van der Waals surface area contributed by atoms with Crippen LogP contribution in [0.15, 0.2) is 48.5 Å². The van der Waals surface area contributed by atoms with Crippen molar-refractivity contribution in [3.8, 4) is 0 Å². The molecule has 1 atom stereocenters. The molecule has 19 heavy (non-hydrogen) atoms. The Morgan fingerprint density at radius 2 is 1.63 bits per heavy atom. The molecule has 0 bridgehead atoms. The maximum absolute atomic E-state index is 12.1. The molecule has 0 saturated heterocycles. The molecule has 1 N–H and O–H groups in total. The lowest BCUT2D eigenvalue weighted by molar-refractivity contribution is 0.0940. The Balaban J connectivity index is 2.06. The molecule has 0 aliphatic carbocycles. The van der Waals surface area contributed by atoms with Crippen LogP contribution in [0.5, 0.6) is 0 Å². The van der Waals surface area contributed by atoms with Crippen molar-refractivity contribution in [2.45, 2.75) is 19.9 Å². The van der Waals surface area contributed by atoms with E-state index in [1.807, 2.05) is 38.1 Å². The van der Waals surface area contributed by atoms with E-state index in [1.54, 1.807) is 24.3 Å². The van der Waals surface area contributed by atoms with E-state index < -0.39 is 0 Å². The molecule has 2 aromatic rings. The van der Waals surface area contributed by atoms with Gasteiger partial charge in [0.05, 0.1) is 6.04 Å². The van der Waals surface area contributed by atoms with Crippen LogP contribution in [0.1, 0.15) is 34.5 Å². The second-order valence-corrected chi connectivity index (χ2v) is 5.05. The summed E-state index contributed by atoms with van der Waals surface area (Å²) < 4.78 is 0. The van der Waals surface area contributed by atoms with E-state index in [2.05, 4.69) is 5.32 Å². The van der Waals surface area contributed by atoms with Gasteiger partial charge >= 0.3 is 0 Å². The average Bonchev–Trinajstić information content (AvgIpc) is 2.40. The van der Waals surface area contributed by atoms with E-state index >= 15 is 0 Å². The molecule has 0 unspecified atom stereocenters. The SMILES string of the molecule is Cc1ccc([C@H](C)NC(=O)c2ccc(Cl)cc2)cc1. The highest BCUT2D eigenvalue weighted by atomic mass is 35.5. The Kier molecular flexibility index (Phi) is 4.23. The molecule has 0 spiro atoms.